The molecule has 1 N–H and O–H groups in total. The molecule has 0 radical (unpaired) electrons. The minimum absolute atomic E-state index is 0.182. The highest BCUT2D eigenvalue weighted by Crippen LogP contribution is 2.30. The summed E-state index contributed by atoms with van der Waals surface area (Å²) in [5.74, 6) is -0.199. The molecule has 0 atom stereocenters. The molecule has 25 heavy (non-hydrogen) atoms. The zero-order chi connectivity index (χ0) is 17.9. The number of aliphatic hydroxyl groups excluding tert-OH is 1. The van der Waals surface area contributed by atoms with Gasteiger partial charge in [0.15, 0.2) is 0 Å². The lowest BCUT2D eigenvalue weighted by Gasteiger charge is -2.31. The molecule has 6 heteroatoms. The molecule has 2 aromatic rings. The summed E-state index contributed by atoms with van der Waals surface area (Å²) in [7, 11) is 0. The Hall–Kier alpha value is -2.21. The Morgan fingerprint density at radius 1 is 1.08 bits per heavy atom. The van der Waals surface area contributed by atoms with Gasteiger partial charge in [-0.15, -0.1) is 13.2 Å². The van der Waals surface area contributed by atoms with Crippen LogP contribution in [-0.2, 0) is 19.4 Å². The standard InChI is InChI=1S/C19H20F3NO2/c20-19(21,22)25-18-5-1-4-17(12-18)23-9-8-15-11-14(3-2-10-24)6-7-16(15)13-23/h1,4-7,11-12,24H,2-3,8-10,13H2. The molecule has 0 bridgehead atoms. The van der Waals surface area contributed by atoms with E-state index in [4.69, 9.17) is 5.11 Å². The molecule has 0 aromatic heterocycles. The molecule has 0 fully saturated rings. The van der Waals surface area contributed by atoms with Gasteiger partial charge in [-0.2, -0.15) is 0 Å². The van der Waals surface area contributed by atoms with Crippen molar-refractivity contribution in [3.63, 3.8) is 0 Å². The van der Waals surface area contributed by atoms with Crippen LogP contribution in [-0.4, -0.2) is 24.6 Å². The van der Waals surface area contributed by atoms with Crippen LogP contribution in [0.2, 0.25) is 0 Å². The lowest BCUT2D eigenvalue weighted by Crippen LogP contribution is -2.30. The molecular formula is C19H20F3NO2. The highest BCUT2D eigenvalue weighted by Gasteiger charge is 2.31. The maximum absolute atomic E-state index is 12.4. The van der Waals surface area contributed by atoms with Crippen LogP contribution in [0, 0.1) is 0 Å². The largest absolute Gasteiger partial charge is 0.573 e. The van der Waals surface area contributed by atoms with Crippen LogP contribution >= 0.6 is 0 Å². The SMILES string of the molecule is OCCCc1ccc2c(c1)CCN(c1cccc(OC(F)(F)F)c1)C2. The fourth-order valence-corrected chi connectivity index (χ4v) is 3.14. The Labute approximate surface area is 144 Å². The average molecular weight is 351 g/mol. The molecule has 3 rings (SSSR count). The maximum Gasteiger partial charge on any atom is 0.573 e. The molecule has 1 aliphatic rings. The van der Waals surface area contributed by atoms with Crippen LogP contribution in [0.4, 0.5) is 18.9 Å². The first-order valence-corrected chi connectivity index (χ1v) is 8.27. The first kappa shape index (κ1) is 17.6. The molecule has 0 spiro atoms. The Kier molecular flexibility index (Phi) is 5.18. The molecule has 2 aromatic carbocycles. The van der Waals surface area contributed by atoms with Crippen molar-refractivity contribution in [1.82, 2.24) is 0 Å². The van der Waals surface area contributed by atoms with E-state index in [1.807, 2.05) is 0 Å². The second-order valence-corrected chi connectivity index (χ2v) is 6.15. The lowest BCUT2D eigenvalue weighted by molar-refractivity contribution is -0.274. The van der Waals surface area contributed by atoms with Crippen LogP contribution in [0.1, 0.15) is 23.1 Å². The Morgan fingerprint density at radius 3 is 2.68 bits per heavy atom. The molecule has 0 saturated carbocycles. The summed E-state index contributed by atoms with van der Waals surface area (Å²) in [6.07, 6.45) is -2.24. The third kappa shape index (κ3) is 4.66. The van der Waals surface area contributed by atoms with Crippen molar-refractivity contribution in [2.75, 3.05) is 18.1 Å². The number of benzene rings is 2. The molecule has 1 aliphatic heterocycles. The topological polar surface area (TPSA) is 32.7 Å². The van der Waals surface area contributed by atoms with Crippen molar-refractivity contribution in [2.24, 2.45) is 0 Å². The van der Waals surface area contributed by atoms with Crippen LogP contribution in [0.3, 0.4) is 0 Å². The number of aryl methyl sites for hydroxylation is 1. The molecule has 134 valence electrons. The molecule has 0 aliphatic carbocycles. The van der Waals surface area contributed by atoms with Gasteiger partial charge in [-0.05, 0) is 48.1 Å². The zero-order valence-electron chi connectivity index (χ0n) is 13.7. The van der Waals surface area contributed by atoms with Crippen molar-refractivity contribution >= 4 is 5.69 Å². The van der Waals surface area contributed by atoms with Crippen molar-refractivity contribution in [1.29, 1.82) is 0 Å². The number of halogens is 3. The third-order valence-electron chi connectivity index (χ3n) is 4.32. The lowest BCUT2D eigenvalue weighted by atomic mass is 9.95. The number of fused-ring (bicyclic) bond motifs is 1. The summed E-state index contributed by atoms with van der Waals surface area (Å²) in [6.45, 7) is 1.58. The van der Waals surface area contributed by atoms with E-state index in [0.717, 1.165) is 31.5 Å². The van der Waals surface area contributed by atoms with E-state index in [1.165, 1.54) is 28.8 Å². The minimum Gasteiger partial charge on any atom is -0.406 e. The van der Waals surface area contributed by atoms with Gasteiger partial charge in [-0.3, -0.25) is 0 Å². The van der Waals surface area contributed by atoms with Gasteiger partial charge in [-0.25, -0.2) is 0 Å². The highest BCUT2D eigenvalue weighted by molar-refractivity contribution is 5.53. The van der Waals surface area contributed by atoms with Crippen molar-refractivity contribution in [3.05, 3.63) is 59.2 Å². The monoisotopic (exact) mass is 351 g/mol. The third-order valence-corrected chi connectivity index (χ3v) is 4.32. The number of hydrogen-bond acceptors (Lipinski definition) is 3. The van der Waals surface area contributed by atoms with Gasteiger partial charge < -0.3 is 14.7 Å². The second-order valence-electron chi connectivity index (χ2n) is 6.15. The van der Waals surface area contributed by atoms with E-state index in [9.17, 15) is 13.2 Å². The number of rotatable bonds is 5. The number of ether oxygens (including phenoxy) is 1. The predicted octanol–water partition coefficient (Wildman–Crippen LogP) is 4.07. The first-order valence-electron chi connectivity index (χ1n) is 8.27. The van der Waals surface area contributed by atoms with E-state index < -0.39 is 6.36 Å². The van der Waals surface area contributed by atoms with Gasteiger partial charge >= 0.3 is 6.36 Å². The van der Waals surface area contributed by atoms with Crippen molar-refractivity contribution in [2.45, 2.75) is 32.2 Å². The second kappa shape index (κ2) is 7.35. The number of hydrogen-bond donors (Lipinski definition) is 1. The van der Waals surface area contributed by atoms with Gasteiger partial charge in [0.2, 0.25) is 0 Å². The maximum atomic E-state index is 12.4. The molecule has 0 saturated heterocycles. The van der Waals surface area contributed by atoms with E-state index in [0.29, 0.717) is 6.54 Å². The van der Waals surface area contributed by atoms with E-state index in [1.54, 1.807) is 12.1 Å². The number of alkyl halides is 3. The number of anilines is 1. The Morgan fingerprint density at radius 2 is 1.92 bits per heavy atom. The molecular weight excluding hydrogens is 331 g/mol. The smallest absolute Gasteiger partial charge is 0.406 e. The van der Waals surface area contributed by atoms with Crippen molar-refractivity contribution in [3.8, 4) is 5.75 Å². The summed E-state index contributed by atoms with van der Waals surface area (Å²) in [5, 5.41) is 8.93. The van der Waals surface area contributed by atoms with Crippen LogP contribution in [0.15, 0.2) is 42.5 Å². The fraction of sp³-hybridized carbons (Fsp3) is 0.368. The van der Waals surface area contributed by atoms with Crippen molar-refractivity contribution < 1.29 is 23.0 Å². The molecule has 1 heterocycles. The minimum atomic E-state index is -4.68. The molecule has 0 unspecified atom stereocenters. The van der Waals surface area contributed by atoms with Gasteiger partial charge in [0.05, 0.1) is 0 Å². The summed E-state index contributed by atoms with van der Waals surface area (Å²) < 4.78 is 41.2. The summed E-state index contributed by atoms with van der Waals surface area (Å²) in [4.78, 5) is 2.05. The Balaban J connectivity index is 1.73. The van der Waals surface area contributed by atoms with E-state index in [2.05, 4.69) is 27.8 Å². The van der Waals surface area contributed by atoms with Crippen LogP contribution in [0.5, 0.6) is 5.75 Å². The predicted molar refractivity (Wildman–Crippen MR) is 89.7 cm³/mol. The van der Waals surface area contributed by atoms with Gasteiger partial charge in [0.25, 0.3) is 0 Å². The average Bonchev–Trinajstić information content (AvgIpc) is 2.58. The van der Waals surface area contributed by atoms with E-state index in [-0.39, 0.29) is 12.4 Å². The molecule has 0 amide bonds. The fourth-order valence-electron chi connectivity index (χ4n) is 3.14. The number of nitrogens with zero attached hydrogens (tertiary/aromatic N) is 1. The van der Waals surface area contributed by atoms with Crippen LogP contribution < -0.4 is 9.64 Å². The highest BCUT2D eigenvalue weighted by atomic mass is 19.4. The number of aliphatic hydroxyl groups is 1. The van der Waals surface area contributed by atoms with Gasteiger partial charge in [0.1, 0.15) is 5.75 Å². The van der Waals surface area contributed by atoms with Crippen LogP contribution in [0.25, 0.3) is 0 Å². The van der Waals surface area contributed by atoms with E-state index >= 15 is 0 Å². The zero-order valence-corrected chi connectivity index (χ0v) is 13.7. The molecule has 3 nitrogen and oxygen atoms in total. The summed E-state index contributed by atoms with van der Waals surface area (Å²) in [5.41, 5.74) is 4.38. The van der Waals surface area contributed by atoms with Gasteiger partial charge in [-0.1, -0.05) is 24.3 Å². The first-order chi connectivity index (χ1) is 11.9. The normalized spacial score (nSPS) is 14.3. The summed E-state index contributed by atoms with van der Waals surface area (Å²) in [6, 6.07) is 12.4. The Bertz CT molecular complexity index is 731. The summed E-state index contributed by atoms with van der Waals surface area (Å²) >= 11 is 0. The van der Waals surface area contributed by atoms with Gasteiger partial charge in [0, 0.05) is 31.5 Å². The quantitative estimate of drug-likeness (QED) is 0.881.